The third-order valence-corrected chi connectivity index (χ3v) is 3.21. The van der Waals surface area contributed by atoms with E-state index in [0.29, 0.717) is 19.2 Å². The fourth-order valence-corrected chi connectivity index (χ4v) is 1.96. The van der Waals surface area contributed by atoms with Gasteiger partial charge in [-0.15, -0.1) is 0 Å². The van der Waals surface area contributed by atoms with Gasteiger partial charge in [-0.25, -0.2) is 0 Å². The standard InChI is InChI=1S/C18H17F3N2O/c19-18(20,21)16(24)11-17(22-12-14-7-3-1-4-8-14)23-13-15-9-5-2-6-10-15/h1-11,22-23H,12-13H2. The molecule has 2 aromatic rings. The lowest BCUT2D eigenvalue weighted by Crippen LogP contribution is -2.29. The van der Waals surface area contributed by atoms with Gasteiger partial charge in [0.1, 0.15) is 5.82 Å². The number of allylic oxidation sites excluding steroid dienone is 1. The van der Waals surface area contributed by atoms with Crippen molar-refractivity contribution in [2.24, 2.45) is 0 Å². The number of halogens is 3. The average Bonchev–Trinajstić information content (AvgIpc) is 2.58. The zero-order valence-electron chi connectivity index (χ0n) is 12.8. The molecule has 0 aliphatic carbocycles. The first-order valence-electron chi connectivity index (χ1n) is 7.33. The van der Waals surface area contributed by atoms with Crippen LogP contribution in [0.2, 0.25) is 0 Å². The maximum absolute atomic E-state index is 12.5. The Morgan fingerprint density at radius 1 is 0.833 bits per heavy atom. The van der Waals surface area contributed by atoms with E-state index >= 15 is 0 Å². The summed E-state index contributed by atoms with van der Waals surface area (Å²) in [5, 5.41) is 5.68. The summed E-state index contributed by atoms with van der Waals surface area (Å²) in [5.74, 6) is -1.87. The molecule has 0 atom stereocenters. The van der Waals surface area contributed by atoms with Crippen LogP contribution in [-0.2, 0) is 17.9 Å². The van der Waals surface area contributed by atoms with E-state index in [2.05, 4.69) is 10.6 Å². The lowest BCUT2D eigenvalue weighted by Gasteiger charge is -2.14. The van der Waals surface area contributed by atoms with Crippen molar-refractivity contribution < 1.29 is 18.0 Å². The number of nitrogens with one attached hydrogen (secondary N) is 2. The van der Waals surface area contributed by atoms with Gasteiger partial charge in [0.05, 0.1) is 0 Å². The van der Waals surface area contributed by atoms with Gasteiger partial charge < -0.3 is 10.6 Å². The summed E-state index contributed by atoms with van der Waals surface area (Å²) in [4.78, 5) is 11.2. The summed E-state index contributed by atoms with van der Waals surface area (Å²) in [6.45, 7) is 0.610. The van der Waals surface area contributed by atoms with Gasteiger partial charge in [0.15, 0.2) is 0 Å². The molecule has 0 heterocycles. The van der Waals surface area contributed by atoms with E-state index in [1.54, 1.807) is 0 Å². The Morgan fingerprint density at radius 2 is 1.25 bits per heavy atom. The van der Waals surface area contributed by atoms with Crippen LogP contribution in [0.25, 0.3) is 0 Å². The molecular weight excluding hydrogens is 317 g/mol. The van der Waals surface area contributed by atoms with E-state index in [0.717, 1.165) is 11.1 Å². The summed E-state index contributed by atoms with van der Waals surface area (Å²) < 4.78 is 37.5. The Morgan fingerprint density at radius 3 is 1.62 bits per heavy atom. The molecule has 126 valence electrons. The fourth-order valence-electron chi connectivity index (χ4n) is 1.96. The number of rotatable bonds is 7. The molecule has 2 rings (SSSR count). The second-order valence-electron chi connectivity index (χ2n) is 5.10. The summed E-state index contributed by atoms with van der Waals surface area (Å²) in [7, 11) is 0. The highest BCUT2D eigenvalue weighted by Crippen LogP contribution is 2.17. The smallest absolute Gasteiger partial charge is 0.368 e. The predicted octanol–water partition coefficient (Wildman–Crippen LogP) is 3.54. The predicted molar refractivity (Wildman–Crippen MR) is 85.7 cm³/mol. The highest BCUT2D eigenvalue weighted by Gasteiger charge is 2.36. The van der Waals surface area contributed by atoms with Crippen LogP contribution < -0.4 is 10.6 Å². The Bertz CT molecular complexity index is 637. The SMILES string of the molecule is O=C(C=C(NCc1ccccc1)NCc1ccccc1)C(F)(F)F. The Hall–Kier alpha value is -2.76. The molecule has 2 aromatic carbocycles. The van der Waals surface area contributed by atoms with Crippen LogP contribution in [0, 0.1) is 0 Å². The second kappa shape index (κ2) is 8.19. The van der Waals surface area contributed by atoms with Gasteiger partial charge in [-0.2, -0.15) is 13.2 Å². The lowest BCUT2D eigenvalue weighted by molar-refractivity contribution is -0.165. The minimum atomic E-state index is -4.89. The molecule has 0 aliphatic heterocycles. The van der Waals surface area contributed by atoms with Gasteiger partial charge in [-0.3, -0.25) is 4.79 Å². The molecule has 0 bridgehead atoms. The van der Waals surface area contributed by atoms with Crippen LogP contribution in [0.5, 0.6) is 0 Å². The van der Waals surface area contributed by atoms with Crippen molar-refractivity contribution in [3.8, 4) is 0 Å². The largest absolute Gasteiger partial charge is 0.454 e. The van der Waals surface area contributed by atoms with Crippen molar-refractivity contribution in [1.82, 2.24) is 10.6 Å². The Kier molecular flexibility index (Phi) is 6.01. The van der Waals surface area contributed by atoms with Crippen molar-refractivity contribution in [1.29, 1.82) is 0 Å². The van der Waals surface area contributed by atoms with E-state index in [1.807, 2.05) is 60.7 Å². The summed E-state index contributed by atoms with van der Waals surface area (Å²) >= 11 is 0. The van der Waals surface area contributed by atoms with E-state index in [9.17, 15) is 18.0 Å². The Balaban J connectivity index is 2.05. The average molecular weight is 334 g/mol. The number of benzene rings is 2. The molecule has 0 aliphatic rings. The highest BCUT2D eigenvalue weighted by atomic mass is 19.4. The molecule has 3 nitrogen and oxygen atoms in total. The molecule has 0 radical (unpaired) electrons. The number of carbonyl (C=O) groups excluding carboxylic acids is 1. The van der Waals surface area contributed by atoms with Gasteiger partial charge in [0, 0.05) is 19.2 Å². The maximum Gasteiger partial charge on any atom is 0.454 e. The minimum absolute atomic E-state index is 0.0324. The molecule has 0 spiro atoms. The van der Waals surface area contributed by atoms with Gasteiger partial charge in [0.2, 0.25) is 0 Å². The molecular formula is C18H17F3N2O. The molecule has 0 aromatic heterocycles. The van der Waals surface area contributed by atoms with Crippen LogP contribution in [0.3, 0.4) is 0 Å². The molecule has 6 heteroatoms. The minimum Gasteiger partial charge on any atom is -0.368 e. The highest BCUT2D eigenvalue weighted by molar-refractivity contribution is 5.94. The quantitative estimate of drug-likeness (QED) is 0.761. The summed E-state index contributed by atoms with van der Waals surface area (Å²) in [6.07, 6.45) is -4.35. The normalized spacial score (nSPS) is 10.8. The molecule has 0 unspecified atom stereocenters. The number of carbonyl (C=O) groups is 1. The van der Waals surface area contributed by atoms with Crippen molar-refractivity contribution in [2.75, 3.05) is 0 Å². The van der Waals surface area contributed by atoms with Crippen LogP contribution in [0.4, 0.5) is 13.2 Å². The number of hydrogen-bond acceptors (Lipinski definition) is 3. The number of hydrogen-bond donors (Lipinski definition) is 2. The first kappa shape index (κ1) is 17.6. The molecule has 0 amide bonds. The van der Waals surface area contributed by atoms with E-state index in [-0.39, 0.29) is 5.82 Å². The molecule has 0 saturated heterocycles. The zero-order valence-corrected chi connectivity index (χ0v) is 12.8. The second-order valence-corrected chi connectivity index (χ2v) is 5.10. The van der Waals surface area contributed by atoms with Crippen molar-refractivity contribution in [3.63, 3.8) is 0 Å². The van der Waals surface area contributed by atoms with Gasteiger partial charge >= 0.3 is 6.18 Å². The van der Waals surface area contributed by atoms with Crippen molar-refractivity contribution in [2.45, 2.75) is 19.3 Å². The zero-order chi connectivity index (χ0) is 17.4. The monoisotopic (exact) mass is 334 g/mol. The fraction of sp³-hybridized carbons (Fsp3) is 0.167. The van der Waals surface area contributed by atoms with Gasteiger partial charge in [-0.1, -0.05) is 60.7 Å². The van der Waals surface area contributed by atoms with Crippen molar-refractivity contribution in [3.05, 3.63) is 83.7 Å². The van der Waals surface area contributed by atoms with Crippen molar-refractivity contribution >= 4 is 5.78 Å². The van der Waals surface area contributed by atoms with Crippen LogP contribution in [0.1, 0.15) is 11.1 Å². The van der Waals surface area contributed by atoms with Crippen LogP contribution >= 0.6 is 0 Å². The van der Waals surface area contributed by atoms with E-state index in [4.69, 9.17) is 0 Å². The van der Waals surface area contributed by atoms with Crippen LogP contribution in [0.15, 0.2) is 72.6 Å². The summed E-state index contributed by atoms with van der Waals surface area (Å²) in [6, 6.07) is 18.4. The molecule has 0 fully saturated rings. The third-order valence-electron chi connectivity index (χ3n) is 3.21. The Labute approximate surface area is 138 Å². The van der Waals surface area contributed by atoms with Crippen LogP contribution in [-0.4, -0.2) is 12.0 Å². The van der Waals surface area contributed by atoms with Gasteiger partial charge in [0.25, 0.3) is 5.78 Å². The van der Waals surface area contributed by atoms with E-state index in [1.165, 1.54) is 0 Å². The lowest BCUT2D eigenvalue weighted by atomic mass is 10.2. The van der Waals surface area contributed by atoms with Gasteiger partial charge in [-0.05, 0) is 11.1 Å². The topological polar surface area (TPSA) is 41.1 Å². The number of alkyl halides is 3. The summed E-state index contributed by atoms with van der Waals surface area (Å²) in [5.41, 5.74) is 1.79. The first-order chi connectivity index (χ1) is 11.4. The molecule has 2 N–H and O–H groups in total. The first-order valence-corrected chi connectivity index (χ1v) is 7.33. The molecule has 24 heavy (non-hydrogen) atoms. The maximum atomic E-state index is 12.5. The number of ketones is 1. The third kappa shape index (κ3) is 5.79. The van der Waals surface area contributed by atoms with E-state index < -0.39 is 12.0 Å². The molecule has 0 saturated carbocycles.